The summed E-state index contributed by atoms with van der Waals surface area (Å²) in [5.74, 6) is 0.0480. The van der Waals surface area contributed by atoms with Gasteiger partial charge in [-0.05, 0) is 18.2 Å². The third-order valence-electron chi connectivity index (χ3n) is 2.56. The monoisotopic (exact) mass is 202 g/mol. The number of hydrogen-bond donors (Lipinski definition) is 0. The molecule has 2 rings (SSSR count). The molecule has 78 valence electrons. The summed E-state index contributed by atoms with van der Waals surface area (Å²) >= 11 is 0. The first-order valence-electron chi connectivity index (χ1n) is 4.87. The molecule has 0 unspecified atom stereocenters. The van der Waals surface area contributed by atoms with Crippen molar-refractivity contribution in [3.63, 3.8) is 0 Å². The fourth-order valence-electron chi connectivity index (χ4n) is 1.73. The van der Waals surface area contributed by atoms with Gasteiger partial charge in [0.05, 0.1) is 0 Å². The Labute approximate surface area is 88.9 Å². The van der Waals surface area contributed by atoms with Gasteiger partial charge in [-0.25, -0.2) is 0 Å². The fraction of sp³-hybridized carbons (Fsp3) is 0.250. The van der Waals surface area contributed by atoms with Gasteiger partial charge in [-0.15, -0.1) is 0 Å². The van der Waals surface area contributed by atoms with Crippen molar-refractivity contribution in [2.75, 3.05) is 14.1 Å². The van der Waals surface area contributed by atoms with Crippen molar-refractivity contribution in [2.24, 2.45) is 7.05 Å². The van der Waals surface area contributed by atoms with Gasteiger partial charge in [0.25, 0.3) is 5.91 Å². The molecule has 3 heteroatoms. The zero-order valence-electron chi connectivity index (χ0n) is 9.19. The van der Waals surface area contributed by atoms with E-state index >= 15 is 0 Å². The van der Waals surface area contributed by atoms with Crippen molar-refractivity contribution < 1.29 is 4.79 Å². The van der Waals surface area contributed by atoms with Gasteiger partial charge < -0.3 is 9.47 Å². The molecule has 0 bridgehead atoms. The molecule has 1 heterocycles. The van der Waals surface area contributed by atoms with Crippen molar-refractivity contribution in [3.05, 3.63) is 36.0 Å². The molecular formula is C12H14N2O. The van der Waals surface area contributed by atoms with E-state index in [0.717, 1.165) is 16.5 Å². The highest BCUT2D eigenvalue weighted by Crippen LogP contribution is 2.20. The molecule has 3 nitrogen and oxygen atoms in total. The van der Waals surface area contributed by atoms with Crippen LogP contribution in [0.3, 0.4) is 0 Å². The van der Waals surface area contributed by atoms with Gasteiger partial charge in [-0.1, -0.05) is 6.07 Å². The maximum absolute atomic E-state index is 11.9. The number of carbonyl (C=O) groups is 1. The second-order valence-electron chi connectivity index (χ2n) is 3.86. The molecule has 1 aromatic carbocycles. The number of carbonyl (C=O) groups excluding carboxylic acids is 1. The molecule has 0 saturated carbocycles. The van der Waals surface area contributed by atoms with E-state index in [1.54, 1.807) is 19.0 Å². The van der Waals surface area contributed by atoms with Crippen molar-refractivity contribution in [2.45, 2.75) is 0 Å². The lowest BCUT2D eigenvalue weighted by Gasteiger charge is -2.11. The maximum atomic E-state index is 11.9. The van der Waals surface area contributed by atoms with E-state index in [0.29, 0.717) is 0 Å². The Kier molecular flexibility index (Phi) is 2.23. The summed E-state index contributed by atoms with van der Waals surface area (Å²) in [6.07, 6.45) is 1.97. The van der Waals surface area contributed by atoms with Gasteiger partial charge in [0.15, 0.2) is 0 Å². The lowest BCUT2D eigenvalue weighted by atomic mass is 10.1. The second kappa shape index (κ2) is 3.42. The summed E-state index contributed by atoms with van der Waals surface area (Å²) in [6.45, 7) is 0. The van der Waals surface area contributed by atoms with E-state index in [1.807, 2.05) is 42.1 Å². The number of benzene rings is 1. The van der Waals surface area contributed by atoms with Crippen LogP contribution < -0.4 is 0 Å². The van der Waals surface area contributed by atoms with Crippen LogP contribution in [-0.4, -0.2) is 29.5 Å². The number of aryl methyl sites for hydroxylation is 1. The second-order valence-corrected chi connectivity index (χ2v) is 3.86. The summed E-state index contributed by atoms with van der Waals surface area (Å²) < 4.78 is 2.02. The standard InChI is InChI=1S/C12H14N2O/c1-13(2)12(15)10-5-4-6-11-9(10)7-8-14(11)3/h4-8H,1-3H3. The van der Waals surface area contributed by atoms with Crippen LogP contribution >= 0.6 is 0 Å². The largest absolute Gasteiger partial charge is 0.351 e. The van der Waals surface area contributed by atoms with E-state index in [-0.39, 0.29) is 5.91 Å². The van der Waals surface area contributed by atoms with Crippen LogP contribution in [-0.2, 0) is 7.05 Å². The average molecular weight is 202 g/mol. The Balaban J connectivity index is 2.66. The number of nitrogens with zero attached hydrogens (tertiary/aromatic N) is 2. The SMILES string of the molecule is CN(C)C(=O)c1cccc2c1ccn2C. The molecule has 0 aliphatic heterocycles. The van der Waals surface area contributed by atoms with Gasteiger partial charge in [-0.2, -0.15) is 0 Å². The van der Waals surface area contributed by atoms with Crippen LogP contribution in [0.5, 0.6) is 0 Å². The van der Waals surface area contributed by atoms with Crippen LogP contribution in [0.4, 0.5) is 0 Å². The molecule has 0 atom stereocenters. The molecule has 0 spiro atoms. The Hall–Kier alpha value is -1.77. The maximum Gasteiger partial charge on any atom is 0.254 e. The highest BCUT2D eigenvalue weighted by Gasteiger charge is 2.12. The summed E-state index contributed by atoms with van der Waals surface area (Å²) in [5, 5.41) is 1.01. The molecule has 0 radical (unpaired) electrons. The Bertz CT molecular complexity index is 511. The summed E-state index contributed by atoms with van der Waals surface area (Å²) in [6, 6.07) is 7.78. The first-order valence-corrected chi connectivity index (χ1v) is 4.87. The van der Waals surface area contributed by atoms with Crippen LogP contribution in [0.2, 0.25) is 0 Å². The fourth-order valence-corrected chi connectivity index (χ4v) is 1.73. The summed E-state index contributed by atoms with van der Waals surface area (Å²) in [4.78, 5) is 13.5. The van der Waals surface area contributed by atoms with Gasteiger partial charge in [0.1, 0.15) is 0 Å². The highest BCUT2D eigenvalue weighted by atomic mass is 16.2. The predicted octanol–water partition coefficient (Wildman–Crippen LogP) is 1.88. The minimum atomic E-state index is 0.0480. The molecule has 1 aromatic heterocycles. The normalized spacial score (nSPS) is 10.6. The lowest BCUT2D eigenvalue weighted by molar-refractivity contribution is 0.0829. The number of fused-ring (bicyclic) bond motifs is 1. The van der Waals surface area contributed by atoms with E-state index < -0.39 is 0 Å². The van der Waals surface area contributed by atoms with Gasteiger partial charge in [-0.3, -0.25) is 4.79 Å². The zero-order valence-corrected chi connectivity index (χ0v) is 9.19. The molecule has 1 amide bonds. The molecule has 0 aliphatic carbocycles. The average Bonchev–Trinajstić information content (AvgIpc) is 2.59. The van der Waals surface area contributed by atoms with Crippen molar-refractivity contribution in [3.8, 4) is 0 Å². The third kappa shape index (κ3) is 1.50. The first-order chi connectivity index (χ1) is 7.11. The minimum Gasteiger partial charge on any atom is -0.351 e. The predicted molar refractivity (Wildman–Crippen MR) is 60.9 cm³/mol. The molecular weight excluding hydrogens is 188 g/mol. The summed E-state index contributed by atoms with van der Waals surface area (Å²) in [5.41, 5.74) is 1.85. The lowest BCUT2D eigenvalue weighted by Crippen LogP contribution is -2.21. The van der Waals surface area contributed by atoms with Crippen LogP contribution in [0.1, 0.15) is 10.4 Å². The van der Waals surface area contributed by atoms with Crippen molar-refractivity contribution in [1.82, 2.24) is 9.47 Å². The van der Waals surface area contributed by atoms with Crippen LogP contribution in [0.15, 0.2) is 30.5 Å². The third-order valence-corrected chi connectivity index (χ3v) is 2.56. The molecule has 0 N–H and O–H groups in total. The number of hydrogen-bond acceptors (Lipinski definition) is 1. The van der Waals surface area contributed by atoms with E-state index in [4.69, 9.17) is 0 Å². The highest BCUT2D eigenvalue weighted by molar-refractivity contribution is 6.06. The van der Waals surface area contributed by atoms with Crippen LogP contribution in [0, 0.1) is 0 Å². The van der Waals surface area contributed by atoms with E-state index in [1.165, 1.54) is 0 Å². The van der Waals surface area contributed by atoms with E-state index in [2.05, 4.69) is 0 Å². The smallest absolute Gasteiger partial charge is 0.254 e. The van der Waals surface area contributed by atoms with E-state index in [9.17, 15) is 4.79 Å². The van der Waals surface area contributed by atoms with Crippen LogP contribution in [0.25, 0.3) is 10.9 Å². The topological polar surface area (TPSA) is 25.2 Å². The molecule has 0 fully saturated rings. The quantitative estimate of drug-likeness (QED) is 0.693. The van der Waals surface area contributed by atoms with Gasteiger partial charge in [0, 0.05) is 43.8 Å². The van der Waals surface area contributed by atoms with Crippen molar-refractivity contribution >= 4 is 16.8 Å². The Morgan fingerprint density at radius 3 is 2.67 bits per heavy atom. The summed E-state index contributed by atoms with van der Waals surface area (Å²) in [7, 11) is 5.51. The zero-order chi connectivity index (χ0) is 11.0. The molecule has 0 saturated heterocycles. The number of rotatable bonds is 1. The van der Waals surface area contributed by atoms with Crippen molar-refractivity contribution in [1.29, 1.82) is 0 Å². The van der Waals surface area contributed by atoms with Gasteiger partial charge >= 0.3 is 0 Å². The molecule has 15 heavy (non-hydrogen) atoms. The minimum absolute atomic E-state index is 0.0480. The Morgan fingerprint density at radius 1 is 1.27 bits per heavy atom. The number of aromatic nitrogens is 1. The first kappa shape index (κ1) is 9.77. The number of amides is 1. The molecule has 2 aromatic rings. The molecule has 0 aliphatic rings. The van der Waals surface area contributed by atoms with Gasteiger partial charge in [0.2, 0.25) is 0 Å². The Morgan fingerprint density at radius 2 is 2.00 bits per heavy atom.